The van der Waals surface area contributed by atoms with Gasteiger partial charge in [0.25, 0.3) is 0 Å². The van der Waals surface area contributed by atoms with Crippen LogP contribution in [0.2, 0.25) is 0 Å². The van der Waals surface area contributed by atoms with Crippen LogP contribution in [0.15, 0.2) is 18.2 Å². The van der Waals surface area contributed by atoms with Gasteiger partial charge in [-0.1, -0.05) is 0 Å². The van der Waals surface area contributed by atoms with Gasteiger partial charge in [0.05, 0.1) is 18.9 Å². The van der Waals surface area contributed by atoms with Gasteiger partial charge in [0.15, 0.2) is 0 Å². The van der Waals surface area contributed by atoms with E-state index in [4.69, 9.17) is 9.47 Å². The lowest BCUT2D eigenvalue weighted by Crippen LogP contribution is -2.38. The molecule has 0 spiro atoms. The molecule has 1 N–H and O–H groups in total. The number of rotatable bonds is 5. The minimum Gasteiger partial charge on any atom is -0.492 e. The second kappa shape index (κ2) is 6.56. The molecule has 100 valence electrons. The second-order valence-electron chi connectivity index (χ2n) is 4.19. The fraction of sp³-hybridized carbons (Fsp3) is 0.538. The summed E-state index contributed by atoms with van der Waals surface area (Å²) in [5, 5.41) is 2.79. The van der Waals surface area contributed by atoms with Crippen molar-refractivity contribution in [3.63, 3.8) is 0 Å². The molecule has 1 heterocycles. The molecule has 1 aromatic rings. The van der Waals surface area contributed by atoms with Gasteiger partial charge in [-0.25, -0.2) is 4.39 Å². The summed E-state index contributed by atoms with van der Waals surface area (Å²) in [6.45, 7) is 4.97. The number of nitrogens with zero attached hydrogens (tertiary/aromatic N) is 1. The van der Waals surface area contributed by atoms with Crippen LogP contribution in [0.5, 0.6) is 5.75 Å². The third-order valence-electron chi connectivity index (χ3n) is 2.99. The van der Waals surface area contributed by atoms with E-state index in [1.165, 1.54) is 6.07 Å². The second-order valence-corrected chi connectivity index (χ2v) is 4.19. The molecule has 0 aliphatic carbocycles. The molecule has 1 fully saturated rings. The first kappa shape index (κ1) is 13.1. The van der Waals surface area contributed by atoms with Gasteiger partial charge in [-0.3, -0.25) is 4.90 Å². The Morgan fingerprint density at radius 2 is 2.17 bits per heavy atom. The van der Waals surface area contributed by atoms with E-state index in [-0.39, 0.29) is 5.82 Å². The van der Waals surface area contributed by atoms with Crippen LogP contribution in [0, 0.1) is 5.82 Å². The Morgan fingerprint density at radius 1 is 1.39 bits per heavy atom. The maximum atomic E-state index is 13.2. The summed E-state index contributed by atoms with van der Waals surface area (Å²) >= 11 is 0. The normalized spacial score (nSPS) is 16.6. The maximum absolute atomic E-state index is 13.2. The number of hydrogen-bond donors (Lipinski definition) is 1. The van der Waals surface area contributed by atoms with Crippen molar-refractivity contribution in [1.29, 1.82) is 0 Å². The Morgan fingerprint density at radius 3 is 2.89 bits per heavy atom. The molecular formula is C13H19FN2O2. The summed E-state index contributed by atoms with van der Waals surface area (Å²) in [7, 11) is 1.69. The van der Waals surface area contributed by atoms with Crippen molar-refractivity contribution >= 4 is 5.69 Å². The maximum Gasteiger partial charge on any atom is 0.146 e. The average Bonchev–Trinajstić information content (AvgIpc) is 2.42. The average molecular weight is 254 g/mol. The molecule has 18 heavy (non-hydrogen) atoms. The van der Waals surface area contributed by atoms with Crippen LogP contribution in [0.4, 0.5) is 10.1 Å². The van der Waals surface area contributed by atoms with Gasteiger partial charge in [-0.2, -0.15) is 0 Å². The molecule has 0 saturated carbocycles. The molecule has 0 bridgehead atoms. The van der Waals surface area contributed by atoms with Gasteiger partial charge in [0, 0.05) is 32.7 Å². The monoisotopic (exact) mass is 254 g/mol. The van der Waals surface area contributed by atoms with Crippen molar-refractivity contribution in [2.45, 2.75) is 0 Å². The van der Waals surface area contributed by atoms with Crippen LogP contribution in [-0.2, 0) is 4.74 Å². The lowest BCUT2D eigenvalue weighted by Gasteiger charge is -2.26. The lowest BCUT2D eigenvalue weighted by molar-refractivity contribution is 0.0322. The van der Waals surface area contributed by atoms with Crippen LogP contribution in [-0.4, -0.2) is 51.4 Å². The first-order valence-corrected chi connectivity index (χ1v) is 6.20. The Balaban J connectivity index is 1.79. The molecular weight excluding hydrogens is 235 g/mol. The number of morpholine rings is 1. The van der Waals surface area contributed by atoms with Gasteiger partial charge in [-0.05, 0) is 12.1 Å². The molecule has 4 nitrogen and oxygen atoms in total. The molecule has 0 radical (unpaired) electrons. The number of anilines is 1. The van der Waals surface area contributed by atoms with Crippen molar-refractivity contribution in [3.8, 4) is 5.75 Å². The topological polar surface area (TPSA) is 33.7 Å². The number of halogens is 1. The van der Waals surface area contributed by atoms with E-state index in [1.807, 2.05) is 0 Å². The van der Waals surface area contributed by atoms with Gasteiger partial charge < -0.3 is 14.8 Å². The van der Waals surface area contributed by atoms with Crippen molar-refractivity contribution in [2.24, 2.45) is 0 Å². The van der Waals surface area contributed by atoms with Gasteiger partial charge in [-0.15, -0.1) is 0 Å². The summed E-state index contributed by atoms with van der Waals surface area (Å²) in [6, 6.07) is 4.74. The first-order chi connectivity index (χ1) is 8.79. The Bertz CT molecular complexity index is 381. The van der Waals surface area contributed by atoms with Crippen LogP contribution < -0.4 is 10.1 Å². The van der Waals surface area contributed by atoms with Crippen LogP contribution in [0.25, 0.3) is 0 Å². The Hall–Kier alpha value is -1.33. The zero-order chi connectivity index (χ0) is 12.8. The fourth-order valence-corrected chi connectivity index (χ4v) is 1.90. The lowest BCUT2D eigenvalue weighted by atomic mass is 10.3. The molecule has 0 unspecified atom stereocenters. The highest BCUT2D eigenvalue weighted by Crippen LogP contribution is 2.20. The van der Waals surface area contributed by atoms with Crippen molar-refractivity contribution in [3.05, 3.63) is 24.0 Å². The first-order valence-electron chi connectivity index (χ1n) is 6.20. The molecule has 1 aliphatic rings. The highest BCUT2D eigenvalue weighted by molar-refractivity contribution is 5.48. The zero-order valence-corrected chi connectivity index (χ0v) is 10.6. The SMILES string of the molecule is CNc1cc(OCCN2CCOCC2)ccc1F. The van der Waals surface area contributed by atoms with Crippen molar-refractivity contribution in [2.75, 3.05) is 51.8 Å². The quantitative estimate of drug-likeness (QED) is 0.865. The minimum absolute atomic E-state index is 0.266. The molecule has 1 aliphatic heterocycles. The summed E-state index contributed by atoms with van der Waals surface area (Å²) in [6.07, 6.45) is 0. The van der Waals surface area contributed by atoms with E-state index in [0.717, 1.165) is 32.8 Å². The largest absolute Gasteiger partial charge is 0.492 e. The Kier molecular flexibility index (Phi) is 4.78. The number of hydrogen-bond acceptors (Lipinski definition) is 4. The van der Waals surface area contributed by atoms with Gasteiger partial charge >= 0.3 is 0 Å². The van der Waals surface area contributed by atoms with E-state index in [0.29, 0.717) is 18.0 Å². The van der Waals surface area contributed by atoms with Crippen LogP contribution >= 0.6 is 0 Å². The molecule has 0 atom stereocenters. The Labute approximate surface area is 107 Å². The van der Waals surface area contributed by atoms with Gasteiger partial charge in [0.2, 0.25) is 0 Å². The molecule has 1 saturated heterocycles. The summed E-state index contributed by atoms with van der Waals surface area (Å²) in [5.41, 5.74) is 0.457. The summed E-state index contributed by atoms with van der Waals surface area (Å²) in [5.74, 6) is 0.423. The summed E-state index contributed by atoms with van der Waals surface area (Å²) in [4.78, 5) is 2.30. The molecule has 0 amide bonds. The predicted molar refractivity (Wildman–Crippen MR) is 68.7 cm³/mol. The van der Waals surface area contributed by atoms with E-state index < -0.39 is 0 Å². The van der Waals surface area contributed by atoms with E-state index in [9.17, 15) is 4.39 Å². The standard InChI is InChI=1S/C13H19FN2O2/c1-15-13-10-11(2-3-12(13)14)18-9-6-16-4-7-17-8-5-16/h2-3,10,15H,4-9H2,1H3. The van der Waals surface area contributed by atoms with Crippen molar-refractivity contribution in [1.82, 2.24) is 4.90 Å². The van der Waals surface area contributed by atoms with E-state index in [1.54, 1.807) is 19.2 Å². The molecule has 2 rings (SSSR count). The molecule has 5 heteroatoms. The number of benzene rings is 1. The third kappa shape index (κ3) is 3.58. The summed E-state index contributed by atoms with van der Waals surface area (Å²) < 4.78 is 24.1. The zero-order valence-electron chi connectivity index (χ0n) is 10.6. The van der Waals surface area contributed by atoms with Crippen molar-refractivity contribution < 1.29 is 13.9 Å². The number of ether oxygens (including phenoxy) is 2. The molecule has 0 aromatic heterocycles. The third-order valence-corrected chi connectivity index (χ3v) is 2.99. The van der Waals surface area contributed by atoms with E-state index in [2.05, 4.69) is 10.2 Å². The van der Waals surface area contributed by atoms with E-state index >= 15 is 0 Å². The minimum atomic E-state index is -0.266. The highest BCUT2D eigenvalue weighted by Gasteiger charge is 2.10. The van der Waals surface area contributed by atoms with Gasteiger partial charge in [0.1, 0.15) is 18.2 Å². The smallest absolute Gasteiger partial charge is 0.146 e. The molecule has 1 aromatic carbocycles. The predicted octanol–water partition coefficient (Wildman–Crippen LogP) is 1.58. The number of nitrogens with one attached hydrogen (secondary N) is 1. The fourth-order valence-electron chi connectivity index (χ4n) is 1.90. The van der Waals surface area contributed by atoms with Crippen LogP contribution in [0.3, 0.4) is 0 Å². The van der Waals surface area contributed by atoms with Crippen LogP contribution in [0.1, 0.15) is 0 Å². The highest BCUT2D eigenvalue weighted by atomic mass is 19.1.